The van der Waals surface area contributed by atoms with Gasteiger partial charge in [0.2, 0.25) is 0 Å². The zero-order chi connectivity index (χ0) is 13.1. The van der Waals surface area contributed by atoms with E-state index in [-0.39, 0.29) is 10.6 Å². The highest BCUT2D eigenvalue weighted by Gasteiger charge is 2.21. The number of hydrogen-bond donors (Lipinski definition) is 1. The molecule has 98 valence electrons. The second-order valence-corrected chi connectivity index (χ2v) is 5.50. The van der Waals surface area contributed by atoms with Crippen LogP contribution in [-0.2, 0) is 6.54 Å². The van der Waals surface area contributed by atoms with Crippen molar-refractivity contribution in [2.45, 2.75) is 19.0 Å². The SMILES string of the molecule is CNC1CCN(Cc2cc(Br)cc([N+](=O)[O-])c2)C1. The third kappa shape index (κ3) is 3.28. The molecule has 1 aliphatic heterocycles. The molecule has 18 heavy (non-hydrogen) atoms. The van der Waals surface area contributed by atoms with Crippen molar-refractivity contribution in [3.8, 4) is 0 Å². The molecule has 1 aromatic carbocycles. The highest BCUT2D eigenvalue weighted by Crippen LogP contribution is 2.23. The second-order valence-electron chi connectivity index (χ2n) is 4.58. The zero-order valence-electron chi connectivity index (χ0n) is 10.2. The van der Waals surface area contributed by atoms with E-state index in [0.717, 1.165) is 36.1 Å². The van der Waals surface area contributed by atoms with Crippen molar-refractivity contribution in [1.82, 2.24) is 10.2 Å². The third-order valence-electron chi connectivity index (χ3n) is 3.24. The van der Waals surface area contributed by atoms with Gasteiger partial charge in [0.1, 0.15) is 0 Å². The number of nitro groups is 1. The quantitative estimate of drug-likeness (QED) is 0.683. The van der Waals surface area contributed by atoms with Crippen molar-refractivity contribution in [1.29, 1.82) is 0 Å². The molecule has 2 rings (SSSR count). The van der Waals surface area contributed by atoms with Crippen molar-refractivity contribution in [3.05, 3.63) is 38.3 Å². The first-order chi connectivity index (χ1) is 8.58. The Kier molecular flexibility index (Phi) is 4.31. The van der Waals surface area contributed by atoms with Gasteiger partial charge in [-0.05, 0) is 25.1 Å². The van der Waals surface area contributed by atoms with Gasteiger partial charge in [0.25, 0.3) is 5.69 Å². The fourth-order valence-electron chi connectivity index (χ4n) is 2.30. The topological polar surface area (TPSA) is 58.4 Å². The summed E-state index contributed by atoms with van der Waals surface area (Å²) in [6, 6.07) is 5.66. The Morgan fingerprint density at radius 2 is 2.33 bits per heavy atom. The molecule has 6 heteroatoms. The van der Waals surface area contributed by atoms with E-state index < -0.39 is 0 Å². The maximum atomic E-state index is 10.8. The van der Waals surface area contributed by atoms with E-state index in [1.54, 1.807) is 6.07 Å². The predicted octanol–water partition coefficient (Wildman–Crippen LogP) is 2.15. The molecule has 1 aliphatic rings. The summed E-state index contributed by atoms with van der Waals surface area (Å²) in [5, 5.41) is 14.1. The Bertz CT molecular complexity index is 453. The molecule has 1 unspecified atom stereocenters. The second kappa shape index (κ2) is 5.77. The van der Waals surface area contributed by atoms with Crippen LogP contribution in [0, 0.1) is 10.1 Å². The zero-order valence-corrected chi connectivity index (χ0v) is 11.8. The predicted molar refractivity (Wildman–Crippen MR) is 73.5 cm³/mol. The van der Waals surface area contributed by atoms with Crippen molar-refractivity contribution < 1.29 is 4.92 Å². The molecule has 1 fully saturated rings. The number of halogens is 1. The van der Waals surface area contributed by atoms with E-state index in [2.05, 4.69) is 26.1 Å². The van der Waals surface area contributed by atoms with E-state index in [9.17, 15) is 10.1 Å². The Labute approximate surface area is 114 Å². The van der Waals surface area contributed by atoms with E-state index in [0.29, 0.717) is 6.04 Å². The molecule has 1 aromatic rings. The lowest BCUT2D eigenvalue weighted by Gasteiger charge is -2.16. The summed E-state index contributed by atoms with van der Waals surface area (Å²) in [5.74, 6) is 0. The summed E-state index contributed by atoms with van der Waals surface area (Å²) in [7, 11) is 1.97. The average molecular weight is 314 g/mol. The van der Waals surface area contributed by atoms with Crippen LogP contribution in [-0.4, -0.2) is 36.0 Å². The van der Waals surface area contributed by atoms with E-state index >= 15 is 0 Å². The monoisotopic (exact) mass is 313 g/mol. The Balaban J connectivity index is 2.07. The summed E-state index contributed by atoms with van der Waals surface area (Å²) >= 11 is 3.32. The van der Waals surface area contributed by atoms with Crippen LogP contribution in [0.2, 0.25) is 0 Å². The number of likely N-dealkylation sites (tertiary alicyclic amines) is 1. The van der Waals surface area contributed by atoms with Gasteiger partial charge in [-0.3, -0.25) is 15.0 Å². The number of hydrogen-bond acceptors (Lipinski definition) is 4. The lowest BCUT2D eigenvalue weighted by atomic mass is 10.2. The highest BCUT2D eigenvalue weighted by molar-refractivity contribution is 9.10. The molecule has 1 heterocycles. The van der Waals surface area contributed by atoms with Crippen molar-refractivity contribution in [2.75, 3.05) is 20.1 Å². The minimum atomic E-state index is -0.353. The molecule has 0 aromatic heterocycles. The van der Waals surface area contributed by atoms with Crippen LogP contribution in [0.4, 0.5) is 5.69 Å². The lowest BCUT2D eigenvalue weighted by molar-refractivity contribution is -0.385. The minimum Gasteiger partial charge on any atom is -0.316 e. The van der Waals surface area contributed by atoms with E-state index in [1.807, 2.05) is 13.1 Å². The van der Waals surface area contributed by atoms with Crippen molar-refractivity contribution in [2.24, 2.45) is 0 Å². The Morgan fingerprint density at radius 3 is 2.94 bits per heavy atom. The number of rotatable bonds is 4. The molecule has 0 bridgehead atoms. The smallest absolute Gasteiger partial charge is 0.270 e. The van der Waals surface area contributed by atoms with Crippen molar-refractivity contribution in [3.63, 3.8) is 0 Å². The maximum Gasteiger partial charge on any atom is 0.270 e. The number of non-ortho nitro benzene ring substituents is 1. The van der Waals surface area contributed by atoms with Crippen LogP contribution in [0.15, 0.2) is 22.7 Å². The summed E-state index contributed by atoms with van der Waals surface area (Å²) in [6.45, 7) is 2.79. The van der Waals surface area contributed by atoms with Gasteiger partial charge in [-0.1, -0.05) is 15.9 Å². The molecule has 0 radical (unpaired) electrons. The molecule has 0 amide bonds. The molecule has 1 saturated heterocycles. The first-order valence-corrected chi connectivity index (χ1v) is 6.71. The lowest BCUT2D eigenvalue weighted by Crippen LogP contribution is -2.29. The van der Waals surface area contributed by atoms with Crippen LogP contribution in [0.3, 0.4) is 0 Å². The minimum absolute atomic E-state index is 0.142. The summed E-state index contributed by atoms with van der Waals surface area (Å²) in [5.41, 5.74) is 1.12. The van der Waals surface area contributed by atoms with Gasteiger partial charge in [0.15, 0.2) is 0 Å². The molecule has 0 saturated carbocycles. The molecule has 1 atom stereocenters. The van der Waals surface area contributed by atoms with Crippen LogP contribution >= 0.6 is 15.9 Å². The Morgan fingerprint density at radius 1 is 1.56 bits per heavy atom. The molecule has 1 N–H and O–H groups in total. The van der Waals surface area contributed by atoms with E-state index in [1.165, 1.54) is 6.07 Å². The van der Waals surface area contributed by atoms with Crippen LogP contribution in [0.25, 0.3) is 0 Å². The van der Waals surface area contributed by atoms with Crippen molar-refractivity contribution >= 4 is 21.6 Å². The standard InChI is InChI=1S/C12H16BrN3O2/c1-14-11-2-3-15(8-11)7-9-4-10(13)6-12(5-9)16(17)18/h4-6,11,14H,2-3,7-8H2,1H3. The van der Waals surface area contributed by atoms with Gasteiger partial charge >= 0.3 is 0 Å². The summed E-state index contributed by atoms with van der Waals surface area (Å²) in [6.07, 6.45) is 1.13. The van der Waals surface area contributed by atoms with Gasteiger partial charge in [-0.25, -0.2) is 0 Å². The van der Waals surface area contributed by atoms with Gasteiger partial charge in [-0.15, -0.1) is 0 Å². The number of nitrogens with zero attached hydrogens (tertiary/aromatic N) is 2. The number of nitrogens with one attached hydrogen (secondary N) is 1. The molecule has 0 aliphatic carbocycles. The molecule has 0 spiro atoms. The first-order valence-electron chi connectivity index (χ1n) is 5.92. The molecule has 5 nitrogen and oxygen atoms in total. The molecular formula is C12H16BrN3O2. The molecular weight excluding hydrogens is 298 g/mol. The summed E-state index contributed by atoms with van der Waals surface area (Å²) in [4.78, 5) is 12.8. The van der Waals surface area contributed by atoms with Crippen LogP contribution < -0.4 is 5.32 Å². The largest absolute Gasteiger partial charge is 0.316 e. The van der Waals surface area contributed by atoms with Gasteiger partial charge in [0, 0.05) is 42.3 Å². The number of benzene rings is 1. The number of nitro benzene ring substituents is 1. The third-order valence-corrected chi connectivity index (χ3v) is 3.70. The highest BCUT2D eigenvalue weighted by atomic mass is 79.9. The van der Waals surface area contributed by atoms with Crippen LogP contribution in [0.1, 0.15) is 12.0 Å². The average Bonchev–Trinajstić information content (AvgIpc) is 2.76. The van der Waals surface area contributed by atoms with Gasteiger partial charge in [0.05, 0.1) is 4.92 Å². The fourth-order valence-corrected chi connectivity index (χ4v) is 2.83. The van der Waals surface area contributed by atoms with Crippen LogP contribution in [0.5, 0.6) is 0 Å². The Hall–Kier alpha value is -0.980. The summed E-state index contributed by atoms with van der Waals surface area (Å²) < 4.78 is 0.760. The number of likely N-dealkylation sites (N-methyl/N-ethyl adjacent to an activating group) is 1. The first kappa shape index (κ1) is 13.5. The normalized spacial score (nSPS) is 20.2. The fraction of sp³-hybridized carbons (Fsp3) is 0.500. The van der Waals surface area contributed by atoms with Gasteiger partial charge < -0.3 is 5.32 Å². The maximum absolute atomic E-state index is 10.8. The van der Waals surface area contributed by atoms with E-state index in [4.69, 9.17) is 0 Å². The van der Waals surface area contributed by atoms with Gasteiger partial charge in [-0.2, -0.15) is 0 Å².